The van der Waals surface area contributed by atoms with Gasteiger partial charge in [-0.05, 0) is 36.2 Å². The fourth-order valence-corrected chi connectivity index (χ4v) is 3.89. The van der Waals surface area contributed by atoms with Crippen molar-refractivity contribution in [1.29, 1.82) is 0 Å². The topological polar surface area (TPSA) is 96.1 Å². The van der Waals surface area contributed by atoms with E-state index in [4.69, 9.17) is 0 Å². The number of benzene rings is 2. The van der Waals surface area contributed by atoms with Crippen LogP contribution in [0, 0.1) is 6.92 Å². The SMILES string of the molecule is Cc1cc(=O)[nH]c2ccc(S(=O)(=O)CC(=O)NCc3ccccc3)cc12. The van der Waals surface area contributed by atoms with Gasteiger partial charge in [0.25, 0.3) is 0 Å². The predicted octanol–water partition coefficient (Wildman–Crippen LogP) is 1.93. The normalized spacial score (nSPS) is 11.4. The van der Waals surface area contributed by atoms with Gasteiger partial charge in [-0.25, -0.2) is 8.42 Å². The van der Waals surface area contributed by atoms with E-state index in [1.807, 2.05) is 30.3 Å². The van der Waals surface area contributed by atoms with Crippen LogP contribution >= 0.6 is 0 Å². The van der Waals surface area contributed by atoms with Crippen LogP contribution in [0.25, 0.3) is 10.9 Å². The van der Waals surface area contributed by atoms with E-state index in [1.54, 1.807) is 13.0 Å². The van der Waals surface area contributed by atoms with E-state index in [0.29, 0.717) is 16.5 Å². The first kappa shape index (κ1) is 17.9. The lowest BCUT2D eigenvalue weighted by Crippen LogP contribution is -2.29. The lowest BCUT2D eigenvalue weighted by molar-refractivity contribution is -0.118. The highest BCUT2D eigenvalue weighted by Gasteiger charge is 2.20. The number of nitrogens with one attached hydrogen (secondary N) is 2. The number of sulfone groups is 1. The number of aromatic amines is 1. The van der Waals surface area contributed by atoms with Gasteiger partial charge in [0.2, 0.25) is 11.5 Å². The highest BCUT2D eigenvalue weighted by Crippen LogP contribution is 2.20. The number of pyridine rings is 1. The number of rotatable bonds is 5. The van der Waals surface area contributed by atoms with Crippen molar-refractivity contribution >= 4 is 26.6 Å². The summed E-state index contributed by atoms with van der Waals surface area (Å²) < 4.78 is 25.1. The molecule has 0 aliphatic carbocycles. The molecule has 26 heavy (non-hydrogen) atoms. The van der Waals surface area contributed by atoms with Crippen LogP contribution in [0.4, 0.5) is 0 Å². The zero-order chi connectivity index (χ0) is 18.7. The number of hydrogen-bond acceptors (Lipinski definition) is 4. The lowest BCUT2D eigenvalue weighted by atomic mass is 10.1. The Hall–Kier alpha value is -2.93. The molecule has 1 heterocycles. The zero-order valence-corrected chi connectivity index (χ0v) is 15.0. The van der Waals surface area contributed by atoms with Gasteiger partial charge in [0, 0.05) is 23.5 Å². The van der Waals surface area contributed by atoms with E-state index >= 15 is 0 Å². The van der Waals surface area contributed by atoms with Gasteiger partial charge in [0.05, 0.1) is 4.90 Å². The molecule has 0 aliphatic rings. The Morgan fingerprint density at radius 1 is 1.08 bits per heavy atom. The number of H-pyrrole nitrogens is 1. The molecule has 0 spiro atoms. The summed E-state index contributed by atoms with van der Waals surface area (Å²) in [6.07, 6.45) is 0. The van der Waals surface area contributed by atoms with Crippen molar-refractivity contribution in [3.63, 3.8) is 0 Å². The summed E-state index contributed by atoms with van der Waals surface area (Å²) >= 11 is 0. The van der Waals surface area contributed by atoms with Crippen molar-refractivity contribution in [3.8, 4) is 0 Å². The Labute approximate surface area is 150 Å². The van der Waals surface area contributed by atoms with Crippen LogP contribution in [0.15, 0.2) is 64.3 Å². The molecule has 3 aromatic rings. The highest BCUT2D eigenvalue weighted by molar-refractivity contribution is 7.92. The average Bonchev–Trinajstić information content (AvgIpc) is 2.60. The Morgan fingerprint density at radius 3 is 2.54 bits per heavy atom. The second-order valence-electron chi connectivity index (χ2n) is 6.05. The zero-order valence-electron chi connectivity index (χ0n) is 14.2. The molecular weight excluding hydrogens is 352 g/mol. The summed E-state index contributed by atoms with van der Waals surface area (Å²) in [5, 5.41) is 3.25. The molecule has 0 bridgehead atoms. The molecule has 0 saturated carbocycles. The van der Waals surface area contributed by atoms with Crippen molar-refractivity contribution in [2.75, 3.05) is 5.75 Å². The minimum Gasteiger partial charge on any atom is -0.351 e. The third kappa shape index (κ3) is 4.00. The van der Waals surface area contributed by atoms with Crippen LogP contribution in [0.3, 0.4) is 0 Å². The Bertz CT molecular complexity index is 1120. The van der Waals surface area contributed by atoms with E-state index in [-0.39, 0.29) is 17.0 Å². The molecule has 2 N–H and O–H groups in total. The van der Waals surface area contributed by atoms with Gasteiger partial charge in [0.1, 0.15) is 5.75 Å². The fraction of sp³-hybridized carbons (Fsp3) is 0.158. The summed E-state index contributed by atoms with van der Waals surface area (Å²) in [4.78, 5) is 26.2. The molecule has 1 amide bonds. The smallest absolute Gasteiger partial charge is 0.248 e. The lowest BCUT2D eigenvalue weighted by Gasteiger charge is -2.08. The fourth-order valence-electron chi connectivity index (χ4n) is 2.70. The van der Waals surface area contributed by atoms with Crippen LogP contribution in [0.1, 0.15) is 11.1 Å². The van der Waals surface area contributed by atoms with E-state index in [0.717, 1.165) is 5.56 Å². The van der Waals surface area contributed by atoms with Gasteiger partial charge < -0.3 is 10.3 Å². The maximum absolute atomic E-state index is 12.5. The maximum atomic E-state index is 12.5. The number of hydrogen-bond donors (Lipinski definition) is 2. The number of carbonyl (C=O) groups excluding carboxylic acids is 1. The molecule has 0 radical (unpaired) electrons. The van der Waals surface area contributed by atoms with E-state index in [9.17, 15) is 18.0 Å². The first-order valence-electron chi connectivity index (χ1n) is 8.02. The molecule has 1 aromatic heterocycles. The van der Waals surface area contributed by atoms with Gasteiger partial charge in [0.15, 0.2) is 9.84 Å². The van der Waals surface area contributed by atoms with E-state index in [2.05, 4.69) is 10.3 Å². The molecule has 0 unspecified atom stereocenters. The quantitative estimate of drug-likeness (QED) is 0.717. The third-order valence-corrected chi connectivity index (χ3v) is 5.65. The summed E-state index contributed by atoms with van der Waals surface area (Å²) in [5.41, 5.74) is 1.88. The largest absolute Gasteiger partial charge is 0.351 e. The van der Waals surface area contributed by atoms with Gasteiger partial charge in [-0.2, -0.15) is 0 Å². The summed E-state index contributed by atoms with van der Waals surface area (Å²) in [7, 11) is -3.79. The second-order valence-corrected chi connectivity index (χ2v) is 8.03. The second kappa shape index (κ2) is 7.13. The summed E-state index contributed by atoms with van der Waals surface area (Å²) in [6.45, 7) is 2.01. The van der Waals surface area contributed by atoms with Crippen LogP contribution in [-0.2, 0) is 21.2 Å². The number of fused-ring (bicyclic) bond motifs is 1. The highest BCUT2D eigenvalue weighted by atomic mass is 32.2. The molecule has 6 nitrogen and oxygen atoms in total. The molecule has 0 saturated heterocycles. The van der Waals surface area contributed by atoms with E-state index < -0.39 is 21.5 Å². The number of amides is 1. The van der Waals surface area contributed by atoms with Gasteiger partial charge in [-0.1, -0.05) is 30.3 Å². The van der Waals surface area contributed by atoms with Crippen molar-refractivity contribution in [2.45, 2.75) is 18.4 Å². The van der Waals surface area contributed by atoms with Crippen molar-refractivity contribution < 1.29 is 13.2 Å². The predicted molar refractivity (Wildman–Crippen MR) is 99.6 cm³/mol. The van der Waals surface area contributed by atoms with Gasteiger partial charge >= 0.3 is 0 Å². The average molecular weight is 370 g/mol. The maximum Gasteiger partial charge on any atom is 0.248 e. The van der Waals surface area contributed by atoms with Crippen LogP contribution in [0.2, 0.25) is 0 Å². The van der Waals surface area contributed by atoms with Gasteiger partial charge in [-0.15, -0.1) is 0 Å². The first-order chi connectivity index (χ1) is 12.3. The van der Waals surface area contributed by atoms with Crippen LogP contribution in [-0.4, -0.2) is 25.1 Å². The Morgan fingerprint density at radius 2 is 1.81 bits per heavy atom. The summed E-state index contributed by atoms with van der Waals surface area (Å²) in [5.74, 6) is -1.19. The molecule has 0 aliphatic heterocycles. The minimum atomic E-state index is -3.79. The van der Waals surface area contributed by atoms with E-state index in [1.165, 1.54) is 18.2 Å². The Balaban J connectivity index is 1.78. The Kier molecular flexibility index (Phi) is 4.90. The summed E-state index contributed by atoms with van der Waals surface area (Å²) in [6, 6.07) is 15.1. The monoisotopic (exact) mass is 370 g/mol. The molecule has 7 heteroatoms. The van der Waals surface area contributed by atoms with Crippen molar-refractivity contribution in [1.82, 2.24) is 10.3 Å². The van der Waals surface area contributed by atoms with Gasteiger partial charge in [-0.3, -0.25) is 9.59 Å². The molecule has 3 rings (SSSR count). The van der Waals surface area contributed by atoms with Crippen molar-refractivity contribution in [2.24, 2.45) is 0 Å². The molecular formula is C19H18N2O4S. The molecule has 0 fully saturated rings. The first-order valence-corrected chi connectivity index (χ1v) is 9.67. The number of aromatic nitrogens is 1. The minimum absolute atomic E-state index is 0.0509. The molecule has 0 atom stereocenters. The van der Waals surface area contributed by atoms with Crippen molar-refractivity contribution in [3.05, 3.63) is 76.1 Å². The molecule has 134 valence electrons. The molecule has 2 aromatic carbocycles. The van der Waals surface area contributed by atoms with Crippen LogP contribution in [0.5, 0.6) is 0 Å². The number of aryl methyl sites for hydroxylation is 1. The number of carbonyl (C=O) groups is 1. The standard InChI is InChI=1S/C19H18N2O4S/c1-13-9-18(22)21-17-8-7-15(10-16(13)17)26(24,25)12-19(23)20-11-14-5-3-2-4-6-14/h2-10H,11-12H2,1H3,(H,20,23)(H,21,22). The van der Waals surface area contributed by atoms with Crippen LogP contribution < -0.4 is 10.9 Å². The third-order valence-electron chi connectivity index (χ3n) is 4.03.